The SMILES string of the molecule is CC(C)n1ncc2cc(C(=O)N(Cc3ccc(F)cc3)C3CC3)cnc21. The Morgan fingerprint density at radius 2 is 2.00 bits per heavy atom. The molecular formula is C20H21FN4O. The van der Waals surface area contributed by atoms with Crippen molar-refractivity contribution in [1.82, 2.24) is 19.7 Å². The molecular weight excluding hydrogens is 331 g/mol. The van der Waals surface area contributed by atoms with Crippen molar-refractivity contribution >= 4 is 16.9 Å². The second-order valence-electron chi connectivity index (χ2n) is 7.11. The molecule has 6 heteroatoms. The Bertz CT molecular complexity index is 944. The summed E-state index contributed by atoms with van der Waals surface area (Å²) in [5.41, 5.74) is 2.27. The van der Waals surface area contributed by atoms with Gasteiger partial charge in [0.05, 0.1) is 11.8 Å². The van der Waals surface area contributed by atoms with Crippen LogP contribution < -0.4 is 0 Å². The Balaban J connectivity index is 1.61. The van der Waals surface area contributed by atoms with E-state index in [-0.39, 0.29) is 23.8 Å². The van der Waals surface area contributed by atoms with Crippen LogP contribution in [0.2, 0.25) is 0 Å². The highest BCUT2D eigenvalue weighted by molar-refractivity contribution is 5.97. The van der Waals surface area contributed by atoms with Gasteiger partial charge in [-0.3, -0.25) is 4.79 Å². The number of amides is 1. The van der Waals surface area contributed by atoms with Crippen LogP contribution in [-0.4, -0.2) is 31.6 Å². The maximum absolute atomic E-state index is 13.1. The van der Waals surface area contributed by atoms with Gasteiger partial charge in [-0.1, -0.05) is 12.1 Å². The molecule has 0 N–H and O–H groups in total. The van der Waals surface area contributed by atoms with E-state index in [9.17, 15) is 9.18 Å². The number of carbonyl (C=O) groups is 1. The van der Waals surface area contributed by atoms with Crippen LogP contribution in [-0.2, 0) is 6.54 Å². The van der Waals surface area contributed by atoms with E-state index in [1.807, 2.05) is 29.5 Å². The lowest BCUT2D eigenvalue weighted by Crippen LogP contribution is -2.32. The number of aromatic nitrogens is 3. The summed E-state index contributed by atoms with van der Waals surface area (Å²) in [7, 11) is 0. The molecule has 0 radical (unpaired) electrons. The van der Waals surface area contributed by atoms with Crippen molar-refractivity contribution in [2.75, 3.05) is 0 Å². The van der Waals surface area contributed by atoms with Gasteiger partial charge in [0.15, 0.2) is 5.65 Å². The van der Waals surface area contributed by atoms with Crippen molar-refractivity contribution in [2.24, 2.45) is 0 Å². The van der Waals surface area contributed by atoms with E-state index in [4.69, 9.17) is 0 Å². The first-order chi connectivity index (χ1) is 12.5. The van der Waals surface area contributed by atoms with Crippen LogP contribution in [0.3, 0.4) is 0 Å². The molecule has 1 fully saturated rings. The highest BCUT2D eigenvalue weighted by atomic mass is 19.1. The number of pyridine rings is 1. The first kappa shape index (κ1) is 16.7. The van der Waals surface area contributed by atoms with Crippen LogP contribution in [0.1, 0.15) is 48.7 Å². The van der Waals surface area contributed by atoms with Gasteiger partial charge in [0.25, 0.3) is 5.91 Å². The summed E-state index contributed by atoms with van der Waals surface area (Å²) in [4.78, 5) is 19.4. The summed E-state index contributed by atoms with van der Waals surface area (Å²) in [5, 5.41) is 5.22. The molecule has 0 bridgehead atoms. The van der Waals surface area contributed by atoms with Gasteiger partial charge >= 0.3 is 0 Å². The van der Waals surface area contributed by atoms with Gasteiger partial charge in [0.2, 0.25) is 0 Å². The number of nitrogens with zero attached hydrogens (tertiary/aromatic N) is 4. The molecule has 1 aliphatic rings. The van der Waals surface area contributed by atoms with E-state index in [0.29, 0.717) is 12.1 Å². The van der Waals surface area contributed by atoms with Gasteiger partial charge in [0, 0.05) is 30.2 Å². The summed E-state index contributed by atoms with van der Waals surface area (Å²) in [6.07, 6.45) is 5.40. The minimum atomic E-state index is -0.269. The minimum absolute atomic E-state index is 0.0384. The van der Waals surface area contributed by atoms with Gasteiger partial charge < -0.3 is 4.90 Å². The van der Waals surface area contributed by atoms with Crippen molar-refractivity contribution in [3.63, 3.8) is 0 Å². The molecule has 0 saturated heterocycles. The van der Waals surface area contributed by atoms with Crippen LogP contribution in [0.5, 0.6) is 0 Å². The molecule has 4 rings (SSSR count). The highest BCUT2D eigenvalue weighted by Gasteiger charge is 2.33. The fourth-order valence-electron chi connectivity index (χ4n) is 3.14. The maximum atomic E-state index is 13.1. The molecule has 2 aromatic heterocycles. The Morgan fingerprint density at radius 1 is 1.27 bits per heavy atom. The quantitative estimate of drug-likeness (QED) is 0.698. The Morgan fingerprint density at radius 3 is 2.65 bits per heavy atom. The van der Waals surface area contributed by atoms with E-state index in [1.165, 1.54) is 12.1 Å². The Labute approximate surface area is 151 Å². The molecule has 5 nitrogen and oxygen atoms in total. The predicted octanol–water partition coefficient (Wildman–Crippen LogP) is 3.96. The van der Waals surface area contributed by atoms with Crippen molar-refractivity contribution in [3.05, 3.63) is 59.7 Å². The second kappa shape index (κ2) is 6.52. The third-order valence-corrected chi connectivity index (χ3v) is 4.68. The van der Waals surface area contributed by atoms with Crippen molar-refractivity contribution in [1.29, 1.82) is 0 Å². The average molecular weight is 352 g/mol. The first-order valence-corrected chi connectivity index (χ1v) is 8.91. The topological polar surface area (TPSA) is 51.0 Å². The second-order valence-corrected chi connectivity index (χ2v) is 7.11. The average Bonchev–Trinajstić information content (AvgIpc) is 3.38. The van der Waals surface area contributed by atoms with Crippen LogP contribution in [0.4, 0.5) is 4.39 Å². The van der Waals surface area contributed by atoms with Gasteiger partial charge in [-0.2, -0.15) is 5.10 Å². The van der Waals surface area contributed by atoms with Crippen molar-refractivity contribution in [3.8, 4) is 0 Å². The summed E-state index contributed by atoms with van der Waals surface area (Å²) in [5.74, 6) is -0.307. The largest absolute Gasteiger partial charge is 0.331 e. The molecule has 134 valence electrons. The van der Waals surface area contributed by atoms with Gasteiger partial charge in [-0.05, 0) is 50.5 Å². The maximum Gasteiger partial charge on any atom is 0.255 e. The molecule has 1 aromatic carbocycles. The summed E-state index contributed by atoms with van der Waals surface area (Å²) < 4.78 is 15.0. The summed E-state index contributed by atoms with van der Waals surface area (Å²) in [6.45, 7) is 4.57. The highest BCUT2D eigenvalue weighted by Crippen LogP contribution is 2.30. The lowest BCUT2D eigenvalue weighted by molar-refractivity contribution is 0.0729. The zero-order valence-electron chi connectivity index (χ0n) is 14.9. The van der Waals surface area contributed by atoms with E-state index in [1.54, 1.807) is 24.5 Å². The number of rotatable bonds is 5. The number of fused-ring (bicyclic) bond motifs is 1. The Kier molecular flexibility index (Phi) is 4.18. The van der Waals surface area contributed by atoms with Crippen molar-refractivity contribution < 1.29 is 9.18 Å². The number of halogens is 1. The molecule has 0 atom stereocenters. The molecule has 3 aromatic rings. The third kappa shape index (κ3) is 3.19. The number of benzene rings is 1. The zero-order chi connectivity index (χ0) is 18.3. The lowest BCUT2D eigenvalue weighted by atomic mass is 10.1. The van der Waals surface area contributed by atoms with E-state index < -0.39 is 0 Å². The molecule has 1 amide bonds. The van der Waals surface area contributed by atoms with E-state index in [2.05, 4.69) is 10.1 Å². The molecule has 0 unspecified atom stereocenters. The number of carbonyl (C=O) groups excluding carboxylic acids is 1. The molecule has 26 heavy (non-hydrogen) atoms. The minimum Gasteiger partial charge on any atom is -0.331 e. The van der Waals surface area contributed by atoms with Crippen LogP contribution in [0.15, 0.2) is 42.7 Å². The first-order valence-electron chi connectivity index (χ1n) is 8.91. The van der Waals surface area contributed by atoms with E-state index in [0.717, 1.165) is 29.4 Å². The predicted molar refractivity (Wildman–Crippen MR) is 97.2 cm³/mol. The molecule has 1 aliphatic carbocycles. The lowest BCUT2D eigenvalue weighted by Gasteiger charge is -2.22. The van der Waals surface area contributed by atoms with Gasteiger partial charge in [-0.15, -0.1) is 0 Å². The molecule has 0 aliphatic heterocycles. The third-order valence-electron chi connectivity index (χ3n) is 4.68. The van der Waals surface area contributed by atoms with E-state index >= 15 is 0 Å². The smallest absolute Gasteiger partial charge is 0.255 e. The Hall–Kier alpha value is -2.76. The fourth-order valence-corrected chi connectivity index (χ4v) is 3.14. The summed E-state index contributed by atoms with van der Waals surface area (Å²) >= 11 is 0. The number of hydrogen-bond acceptors (Lipinski definition) is 3. The zero-order valence-corrected chi connectivity index (χ0v) is 14.9. The van der Waals surface area contributed by atoms with Gasteiger partial charge in [0.1, 0.15) is 5.82 Å². The normalized spacial score (nSPS) is 14.2. The van der Waals surface area contributed by atoms with Gasteiger partial charge in [-0.25, -0.2) is 14.1 Å². The molecule has 0 spiro atoms. The monoisotopic (exact) mass is 352 g/mol. The summed E-state index contributed by atoms with van der Waals surface area (Å²) in [6, 6.07) is 8.64. The van der Waals surface area contributed by atoms with Crippen molar-refractivity contribution in [2.45, 2.75) is 45.3 Å². The van der Waals surface area contributed by atoms with Crippen LogP contribution >= 0.6 is 0 Å². The number of hydrogen-bond donors (Lipinski definition) is 0. The van der Waals surface area contributed by atoms with Crippen LogP contribution in [0, 0.1) is 5.82 Å². The molecule has 2 heterocycles. The fraction of sp³-hybridized carbons (Fsp3) is 0.350. The standard InChI is InChI=1S/C20H21FN4O/c1-13(2)25-19-15(11-23-25)9-16(10-22-19)20(26)24(18-7-8-18)12-14-3-5-17(21)6-4-14/h3-6,9-11,13,18H,7-8,12H2,1-2H3. The van der Waals surface area contributed by atoms with Crippen LogP contribution in [0.25, 0.3) is 11.0 Å². The molecule has 1 saturated carbocycles.